The van der Waals surface area contributed by atoms with Crippen LogP contribution in [0.3, 0.4) is 0 Å². The molecule has 5 nitrogen and oxygen atoms in total. The molecule has 0 heterocycles. The molecule has 0 aliphatic heterocycles. The van der Waals surface area contributed by atoms with Crippen LogP contribution in [-0.2, 0) is 10.0 Å². The summed E-state index contributed by atoms with van der Waals surface area (Å²) in [6.45, 7) is 4.14. The Morgan fingerprint density at radius 3 is 2.19 bits per heavy atom. The van der Waals surface area contributed by atoms with Crippen molar-refractivity contribution in [2.75, 3.05) is 14.2 Å². The SMILES string of the molecule is COc1ccc([C@H](CC(C)C)NS(=O)(=O)c2ccc(OC)c(I)c2)cc1. The second-order valence-electron chi connectivity index (χ2n) is 6.37. The van der Waals surface area contributed by atoms with Crippen molar-refractivity contribution in [2.24, 2.45) is 5.92 Å². The molecule has 1 N–H and O–H groups in total. The van der Waals surface area contributed by atoms with E-state index in [1.54, 1.807) is 32.4 Å². The predicted molar refractivity (Wildman–Crippen MR) is 111 cm³/mol. The number of rotatable bonds is 8. The van der Waals surface area contributed by atoms with Gasteiger partial charge in [-0.05, 0) is 70.8 Å². The van der Waals surface area contributed by atoms with Crippen molar-refractivity contribution in [1.82, 2.24) is 4.72 Å². The number of ether oxygens (including phenoxy) is 2. The maximum Gasteiger partial charge on any atom is 0.241 e. The van der Waals surface area contributed by atoms with Crippen molar-refractivity contribution in [3.63, 3.8) is 0 Å². The number of nitrogens with one attached hydrogen (secondary N) is 1. The number of hydrogen-bond acceptors (Lipinski definition) is 4. The molecular formula is C19H24INO4S. The molecule has 2 aromatic carbocycles. The van der Waals surface area contributed by atoms with Gasteiger partial charge >= 0.3 is 0 Å². The molecule has 0 amide bonds. The lowest BCUT2D eigenvalue weighted by molar-refractivity contribution is 0.411. The van der Waals surface area contributed by atoms with Gasteiger partial charge in [-0.2, -0.15) is 0 Å². The van der Waals surface area contributed by atoms with Gasteiger partial charge in [0.05, 0.1) is 22.7 Å². The number of hydrogen-bond donors (Lipinski definition) is 1. The van der Waals surface area contributed by atoms with E-state index < -0.39 is 10.0 Å². The van der Waals surface area contributed by atoms with Crippen molar-refractivity contribution < 1.29 is 17.9 Å². The largest absolute Gasteiger partial charge is 0.497 e. The Labute approximate surface area is 169 Å². The molecule has 2 aromatic rings. The lowest BCUT2D eigenvalue weighted by Crippen LogP contribution is -2.29. The smallest absolute Gasteiger partial charge is 0.241 e. The summed E-state index contributed by atoms with van der Waals surface area (Å²) in [5.74, 6) is 1.73. The summed E-state index contributed by atoms with van der Waals surface area (Å²) in [6, 6.07) is 12.0. The molecule has 0 aliphatic carbocycles. The minimum atomic E-state index is -3.66. The predicted octanol–water partition coefficient (Wildman–Crippen LogP) is 4.37. The van der Waals surface area contributed by atoms with Gasteiger partial charge in [-0.3, -0.25) is 0 Å². The third-order valence-electron chi connectivity index (χ3n) is 3.96. The molecule has 0 unspecified atom stereocenters. The third-order valence-corrected chi connectivity index (χ3v) is 6.27. The molecule has 7 heteroatoms. The first-order valence-corrected chi connectivity index (χ1v) is 10.8. The zero-order valence-electron chi connectivity index (χ0n) is 15.3. The quantitative estimate of drug-likeness (QED) is 0.560. The van der Waals surface area contributed by atoms with Crippen LogP contribution in [0.25, 0.3) is 0 Å². The fourth-order valence-electron chi connectivity index (χ4n) is 2.63. The molecule has 0 saturated heterocycles. The molecule has 2 rings (SSSR count). The van der Waals surface area contributed by atoms with Gasteiger partial charge in [0.1, 0.15) is 11.5 Å². The Balaban J connectivity index is 2.32. The highest BCUT2D eigenvalue weighted by Gasteiger charge is 2.23. The molecule has 0 aromatic heterocycles. The third kappa shape index (κ3) is 5.34. The maximum atomic E-state index is 12.9. The molecule has 0 bridgehead atoms. The lowest BCUT2D eigenvalue weighted by atomic mass is 9.98. The van der Waals surface area contributed by atoms with E-state index in [-0.39, 0.29) is 10.9 Å². The molecule has 0 spiro atoms. The van der Waals surface area contributed by atoms with Gasteiger partial charge in [-0.25, -0.2) is 13.1 Å². The van der Waals surface area contributed by atoms with Gasteiger partial charge in [0.25, 0.3) is 0 Å². The Morgan fingerprint density at radius 2 is 1.69 bits per heavy atom. The maximum absolute atomic E-state index is 12.9. The monoisotopic (exact) mass is 489 g/mol. The van der Waals surface area contributed by atoms with Crippen molar-refractivity contribution in [3.8, 4) is 11.5 Å². The number of halogens is 1. The zero-order valence-corrected chi connectivity index (χ0v) is 18.3. The summed E-state index contributed by atoms with van der Waals surface area (Å²) in [4.78, 5) is 0.227. The van der Waals surface area contributed by atoms with Crippen molar-refractivity contribution in [3.05, 3.63) is 51.6 Å². The van der Waals surface area contributed by atoms with E-state index in [4.69, 9.17) is 9.47 Å². The first-order valence-electron chi connectivity index (χ1n) is 8.26. The van der Waals surface area contributed by atoms with Crippen LogP contribution in [0.4, 0.5) is 0 Å². The molecule has 26 heavy (non-hydrogen) atoms. The standard InChI is InChI=1S/C19H24INO4S/c1-13(2)11-18(14-5-7-15(24-3)8-6-14)21-26(22,23)16-9-10-19(25-4)17(20)12-16/h5-10,12-13,18,21H,11H2,1-4H3/t18-/m0/s1. The van der Waals surface area contributed by atoms with Gasteiger partial charge in [-0.1, -0.05) is 26.0 Å². The van der Waals surface area contributed by atoms with Gasteiger partial charge in [-0.15, -0.1) is 0 Å². The van der Waals surface area contributed by atoms with E-state index in [9.17, 15) is 8.42 Å². The van der Waals surface area contributed by atoms with Crippen LogP contribution in [0.1, 0.15) is 31.9 Å². The molecule has 0 radical (unpaired) electrons. The molecule has 0 fully saturated rings. The number of benzene rings is 2. The van der Waals surface area contributed by atoms with E-state index in [1.807, 2.05) is 24.3 Å². The lowest BCUT2D eigenvalue weighted by Gasteiger charge is -2.21. The van der Waals surface area contributed by atoms with Gasteiger partial charge in [0, 0.05) is 6.04 Å². The Hall–Kier alpha value is -1.32. The average molecular weight is 489 g/mol. The number of methoxy groups -OCH3 is 2. The zero-order chi connectivity index (χ0) is 19.3. The minimum Gasteiger partial charge on any atom is -0.497 e. The van der Waals surface area contributed by atoms with E-state index in [0.29, 0.717) is 18.1 Å². The van der Waals surface area contributed by atoms with Crippen LogP contribution < -0.4 is 14.2 Å². The second-order valence-corrected chi connectivity index (χ2v) is 9.25. The summed E-state index contributed by atoms with van der Waals surface area (Å²) in [5.41, 5.74) is 0.909. The molecule has 142 valence electrons. The van der Waals surface area contributed by atoms with Crippen LogP contribution in [0.15, 0.2) is 47.4 Å². The van der Waals surface area contributed by atoms with Gasteiger partial charge < -0.3 is 9.47 Å². The molecule has 0 saturated carbocycles. The summed E-state index contributed by atoms with van der Waals surface area (Å²) < 4.78 is 39.8. The summed E-state index contributed by atoms with van der Waals surface area (Å²) in [5, 5.41) is 0. The van der Waals surface area contributed by atoms with Crippen LogP contribution in [0.5, 0.6) is 11.5 Å². The fourth-order valence-corrected chi connectivity index (χ4v) is 4.84. The second kappa shape index (κ2) is 9.05. The van der Waals surface area contributed by atoms with Gasteiger partial charge in [0.15, 0.2) is 0 Å². The summed E-state index contributed by atoms with van der Waals surface area (Å²) in [7, 11) is -0.491. The highest BCUT2D eigenvalue weighted by molar-refractivity contribution is 14.1. The number of sulfonamides is 1. The van der Waals surface area contributed by atoms with Crippen molar-refractivity contribution >= 4 is 32.6 Å². The first kappa shape index (κ1) is 21.0. The van der Waals surface area contributed by atoms with E-state index >= 15 is 0 Å². The van der Waals surface area contributed by atoms with E-state index in [0.717, 1.165) is 14.9 Å². The van der Waals surface area contributed by atoms with Crippen LogP contribution >= 0.6 is 22.6 Å². The molecule has 1 atom stereocenters. The molecular weight excluding hydrogens is 465 g/mol. The van der Waals surface area contributed by atoms with E-state index in [2.05, 4.69) is 41.2 Å². The summed E-state index contributed by atoms with van der Waals surface area (Å²) in [6.07, 6.45) is 0.693. The van der Waals surface area contributed by atoms with Crippen LogP contribution in [0.2, 0.25) is 0 Å². The van der Waals surface area contributed by atoms with Crippen molar-refractivity contribution in [1.29, 1.82) is 0 Å². The minimum absolute atomic E-state index is 0.227. The first-order chi connectivity index (χ1) is 12.3. The highest BCUT2D eigenvalue weighted by Crippen LogP contribution is 2.28. The Morgan fingerprint density at radius 1 is 1.04 bits per heavy atom. The van der Waals surface area contributed by atoms with E-state index in [1.165, 1.54) is 0 Å². The summed E-state index contributed by atoms with van der Waals surface area (Å²) >= 11 is 2.07. The molecule has 0 aliphatic rings. The highest BCUT2D eigenvalue weighted by atomic mass is 127. The van der Waals surface area contributed by atoms with Crippen LogP contribution in [-0.4, -0.2) is 22.6 Å². The van der Waals surface area contributed by atoms with Crippen LogP contribution in [0, 0.1) is 9.49 Å². The topological polar surface area (TPSA) is 64.6 Å². The van der Waals surface area contributed by atoms with Gasteiger partial charge in [0.2, 0.25) is 10.0 Å². The normalized spacial score (nSPS) is 12.8. The van der Waals surface area contributed by atoms with Crippen molar-refractivity contribution in [2.45, 2.75) is 31.2 Å². The fraction of sp³-hybridized carbons (Fsp3) is 0.368. The Kier molecular flexibility index (Phi) is 7.31. The Bertz CT molecular complexity index is 835. The average Bonchev–Trinajstić information content (AvgIpc) is 2.60.